The molecule has 0 bridgehead atoms. The minimum Gasteiger partial charge on any atom is -0.312 e. The number of nitrogens with zero attached hydrogens (tertiary/aromatic N) is 3. The summed E-state index contributed by atoms with van der Waals surface area (Å²) in [5, 5.41) is 6.32. The van der Waals surface area contributed by atoms with Crippen LogP contribution in [-0.2, 0) is 27.1 Å². The first-order valence-corrected chi connectivity index (χ1v) is 7.24. The summed E-state index contributed by atoms with van der Waals surface area (Å²) in [5.74, 6) is 0. The second-order valence-corrected chi connectivity index (χ2v) is 5.66. The smallest absolute Gasteiger partial charge is 0.312 e. The molecule has 108 valence electrons. The van der Waals surface area contributed by atoms with E-state index < -0.39 is 0 Å². The van der Waals surface area contributed by atoms with Crippen molar-refractivity contribution in [2.24, 2.45) is 14.1 Å². The van der Waals surface area contributed by atoms with E-state index in [1.165, 1.54) is 11.6 Å². The van der Waals surface area contributed by atoms with Gasteiger partial charge in [-0.15, -0.1) is 11.3 Å². The van der Waals surface area contributed by atoms with Gasteiger partial charge in [0.15, 0.2) is 0 Å². The Hall–Kier alpha value is -1.73. The number of hydrogen-bond acceptors (Lipinski definition) is 5. The largest absolute Gasteiger partial charge is 0.330 e. The summed E-state index contributed by atoms with van der Waals surface area (Å²) in [4.78, 5) is 27.8. The monoisotopic (exact) mass is 294 g/mol. The van der Waals surface area contributed by atoms with Crippen molar-refractivity contribution >= 4 is 11.3 Å². The standard InChI is InChI=1S/C13H18N4O2S/c1-9-8-20-11(15-9)4-5-14-6-10-7-16(2)13(19)17(3)12(10)18/h7-8,14H,4-6H2,1-3H3. The van der Waals surface area contributed by atoms with E-state index in [-0.39, 0.29) is 11.2 Å². The maximum Gasteiger partial charge on any atom is 0.330 e. The molecule has 2 aromatic rings. The normalized spacial score (nSPS) is 10.9. The van der Waals surface area contributed by atoms with Gasteiger partial charge in [-0.3, -0.25) is 9.36 Å². The maximum atomic E-state index is 11.9. The van der Waals surface area contributed by atoms with Crippen LogP contribution < -0.4 is 16.6 Å². The van der Waals surface area contributed by atoms with E-state index in [4.69, 9.17) is 0 Å². The van der Waals surface area contributed by atoms with E-state index in [1.807, 2.05) is 12.3 Å². The second kappa shape index (κ2) is 6.15. The zero-order chi connectivity index (χ0) is 14.7. The summed E-state index contributed by atoms with van der Waals surface area (Å²) in [6.07, 6.45) is 2.43. The van der Waals surface area contributed by atoms with E-state index in [0.717, 1.165) is 28.2 Å². The molecule has 0 saturated carbocycles. The molecular formula is C13H18N4O2S. The molecule has 6 nitrogen and oxygen atoms in total. The molecule has 20 heavy (non-hydrogen) atoms. The molecule has 0 fully saturated rings. The van der Waals surface area contributed by atoms with Crippen LogP contribution in [0.3, 0.4) is 0 Å². The van der Waals surface area contributed by atoms with Crippen LogP contribution in [0.2, 0.25) is 0 Å². The topological polar surface area (TPSA) is 68.9 Å². The van der Waals surface area contributed by atoms with Gasteiger partial charge in [0, 0.05) is 56.4 Å². The number of hydrogen-bond donors (Lipinski definition) is 1. The summed E-state index contributed by atoms with van der Waals surface area (Å²) in [6.45, 7) is 3.17. The first-order chi connectivity index (χ1) is 9.49. The second-order valence-electron chi connectivity index (χ2n) is 4.72. The average molecular weight is 294 g/mol. The van der Waals surface area contributed by atoms with E-state index in [2.05, 4.69) is 10.3 Å². The Labute approximate surface area is 120 Å². The molecule has 2 aromatic heterocycles. The molecule has 0 amide bonds. The van der Waals surface area contributed by atoms with Crippen molar-refractivity contribution in [2.45, 2.75) is 19.9 Å². The summed E-state index contributed by atoms with van der Waals surface area (Å²) < 4.78 is 2.55. The van der Waals surface area contributed by atoms with Gasteiger partial charge < -0.3 is 9.88 Å². The molecule has 0 radical (unpaired) electrons. The highest BCUT2D eigenvalue weighted by Crippen LogP contribution is 2.08. The van der Waals surface area contributed by atoms with Gasteiger partial charge >= 0.3 is 5.69 Å². The van der Waals surface area contributed by atoms with Crippen molar-refractivity contribution in [2.75, 3.05) is 6.54 Å². The predicted molar refractivity (Wildman–Crippen MR) is 79.2 cm³/mol. The van der Waals surface area contributed by atoms with Gasteiger partial charge in [-0.1, -0.05) is 0 Å². The van der Waals surface area contributed by atoms with Crippen molar-refractivity contribution in [1.82, 2.24) is 19.4 Å². The third-order valence-electron chi connectivity index (χ3n) is 3.02. The lowest BCUT2D eigenvalue weighted by Crippen LogP contribution is -2.39. The molecule has 0 saturated heterocycles. The highest BCUT2D eigenvalue weighted by molar-refractivity contribution is 7.09. The quantitative estimate of drug-likeness (QED) is 0.799. The highest BCUT2D eigenvalue weighted by Gasteiger charge is 2.06. The lowest BCUT2D eigenvalue weighted by Gasteiger charge is -2.07. The SMILES string of the molecule is Cc1csc(CCNCc2cn(C)c(=O)n(C)c2=O)n1. The Morgan fingerprint density at radius 1 is 1.35 bits per heavy atom. The number of aromatic nitrogens is 3. The van der Waals surface area contributed by atoms with Crippen LogP contribution in [0.25, 0.3) is 0 Å². The van der Waals surface area contributed by atoms with Crippen molar-refractivity contribution in [1.29, 1.82) is 0 Å². The van der Waals surface area contributed by atoms with E-state index in [1.54, 1.807) is 24.6 Å². The van der Waals surface area contributed by atoms with E-state index in [9.17, 15) is 9.59 Å². The molecule has 2 rings (SSSR count). The average Bonchev–Trinajstić information content (AvgIpc) is 2.83. The Balaban J connectivity index is 1.95. The van der Waals surface area contributed by atoms with Crippen LogP contribution in [0, 0.1) is 6.92 Å². The number of rotatable bonds is 5. The number of aryl methyl sites for hydroxylation is 2. The third kappa shape index (κ3) is 3.23. The van der Waals surface area contributed by atoms with Gasteiger partial charge in [0.05, 0.1) is 5.01 Å². The summed E-state index contributed by atoms with van der Waals surface area (Å²) >= 11 is 1.64. The molecule has 7 heteroatoms. The van der Waals surface area contributed by atoms with Gasteiger partial charge in [0.1, 0.15) is 0 Å². The first-order valence-electron chi connectivity index (χ1n) is 6.36. The van der Waals surface area contributed by atoms with E-state index in [0.29, 0.717) is 12.1 Å². The Kier molecular flexibility index (Phi) is 4.51. The minimum absolute atomic E-state index is 0.245. The molecule has 0 atom stereocenters. The Morgan fingerprint density at radius 2 is 2.10 bits per heavy atom. The molecule has 0 spiro atoms. The van der Waals surface area contributed by atoms with Crippen LogP contribution in [0.5, 0.6) is 0 Å². The highest BCUT2D eigenvalue weighted by atomic mass is 32.1. The van der Waals surface area contributed by atoms with Crippen LogP contribution in [-0.4, -0.2) is 20.7 Å². The van der Waals surface area contributed by atoms with Gasteiger partial charge in [-0.25, -0.2) is 9.78 Å². The van der Waals surface area contributed by atoms with E-state index >= 15 is 0 Å². The van der Waals surface area contributed by atoms with Crippen LogP contribution in [0.4, 0.5) is 0 Å². The van der Waals surface area contributed by atoms with Crippen LogP contribution in [0.15, 0.2) is 21.2 Å². The van der Waals surface area contributed by atoms with Gasteiger partial charge in [0.2, 0.25) is 0 Å². The zero-order valence-corrected chi connectivity index (χ0v) is 12.7. The third-order valence-corrected chi connectivity index (χ3v) is 4.04. The fourth-order valence-corrected chi connectivity index (χ4v) is 2.72. The molecule has 0 aliphatic carbocycles. The lowest BCUT2D eigenvalue weighted by molar-refractivity contribution is 0.629. The van der Waals surface area contributed by atoms with Crippen LogP contribution in [0.1, 0.15) is 16.3 Å². The first kappa shape index (κ1) is 14.7. The summed E-state index contributed by atoms with van der Waals surface area (Å²) in [6, 6.07) is 0. The number of thiazole rings is 1. The fourth-order valence-electron chi connectivity index (χ4n) is 1.94. The Bertz CT molecular complexity index is 714. The molecule has 0 aliphatic rings. The van der Waals surface area contributed by atoms with Crippen molar-refractivity contribution in [3.05, 3.63) is 48.7 Å². The van der Waals surface area contributed by atoms with Crippen molar-refractivity contribution in [3.8, 4) is 0 Å². The fraction of sp³-hybridized carbons (Fsp3) is 0.462. The van der Waals surface area contributed by atoms with Crippen LogP contribution >= 0.6 is 11.3 Å². The zero-order valence-electron chi connectivity index (χ0n) is 11.8. The molecular weight excluding hydrogens is 276 g/mol. The van der Waals surface area contributed by atoms with Gasteiger partial charge in [-0.05, 0) is 6.92 Å². The molecule has 1 N–H and O–H groups in total. The van der Waals surface area contributed by atoms with Crippen molar-refractivity contribution < 1.29 is 0 Å². The Morgan fingerprint density at radius 3 is 2.75 bits per heavy atom. The predicted octanol–water partition coefficient (Wildman–Crippen LogP) is 0.181. The molecule has 0 unspecified atom stereocenters. The number of nitrogens with one attached hydrogen (secondary N) is 1. The molecule has 0 aromatic carbocycles. The summed E-state index contributed by atoms with van der Waals surface area (Å²) in [7, 11) is 3.14. The lowest BCUT2D eigenvalue weighted by atomic mass is 10.3. The summed E-state index contributed by atoms with van der Waals surface area (Å²) in [5.41, 5.74) is 1.07. The maximum absolute atomic E-state index is 11.9. The van der Waals surface area contributed by atoms with Crippen molar-refractivity contribution in [3.63, 3.8) is 0 Å². The minimum atomic E-state index is -0.308. The molecule has 2 heterocycles. The van der Waals surface area contributed by atoms with Gasteiger partial charge in [0.25, 0.3) is 5.56 Å². The van der Waals surface area contributed by atoms with Gasteiger partial charge in [-0.2, -0.15) is 0 Å². The molecule has 0 aliphatic heterocycles.